The molecular formula is C18H12Br3GaO9S3. The van der Waals surface area contributed by atoms with Crippen molar-refractivity contribution in [2.45, 2.75) is 14.7 Å². The van der Waals surface area contributed by atoms with Crippen LogP contribution in [0.25, 0.3) is 0 Å². The second-order valence-electron chi connectivity index (χ2n) is 6.31. The van der Waals surface area contributed by atoms with E-state index in [9.17, 15) is 25.3 Å². The molecule has 0 spiro atoms. The molecule has 180 valence electrons. The molecule has 0 aromatic heterocycles. The minimum absolute atomic E-state index is 0.357. The fourth-order valence-electron chi connectivity index (χ4n) is 2.39. The van der Waals surface area contributed by atoms with E-state index in [2.05, 4.69) is 47.8 Å². The summed E-state index contributed by atoms with van der Waals surface area (Å²) in [5, 5.41) is 0. The van der Waals surface area contributed by atoms with Gasteiger partial charge in [-0.25, -0.2) is 0 Å². The summed E-state index contributed by atoms with van der Waals surface area (Å²) in [6.45, 7) is 0. The molecule has 16 heteroatoms. The van der Waals surface area contributed by atoms with Gasteiger partial charge in [-0.1, -0.05) is 0 Å². The summed E-state index contributed by atoms with van der Waals surface area (Å²) in [6.07, 6.45) is 0. The summed E-state index contributed by atoms with van der Waals surface area (Å²) in [4.78, 5) is -1.07. The van der Waals surface area contributed by atoms with E-state index < -0.39 is 47.7 Å². The van der Waals surface area contributed by atoms with Gasteiger partial charge in [-0.15, -0.1) is 0 Å². The van der Waals surface area contributed by atoms with Gasteiger partial charge >= 0.3 is 231 Å². The maximum absolute atomic E-state index is 12.8. The van der Waals surface area contributed by atoms with Crippen molar-refractivity contribution in [1.29, 1.82) is 0 Å². The van der Waals surface area contributed by atoms with Crippen LogP contribution in [-0.4, -0.2) is 42.6 Å². The Hall–Kier alpha value is -0.534. The van der Waals surface area contributed by atoms with Crippen LogP contribution in [0.3, 0.4) is 0 Å². The van der Waals surface area contributed by atoms with Crippen molar-refractivity contribution in [3.05, 3.63) is 86.2 Å². The Morgan fingerprint density at radius 1 is 0.500 bits per heavy atom. The van der Waals surface area contributed by atoms with Gasteiger partial charge in [0.05, 0.1) is 0 Å². The molecule has 9 nitrogen and oxygen atoms in total. The zero-order chi connectivity index (χ0) is 25.1. The molecule has 0 saturated carbocycles. The molecule has 0 bridgehead atoms. The number of hydrogen-bond acceptors (Lipinski definition) is 9. The Balaban J connectivity index is 2.00. The predicted molar refractivity (Wildman–Crippen MR) is 133 cm³/mol. The molecule has 0 atom stereocenters. The Morgan fingerprint density at radius 3 is 1.00 bits per heavy atom. The first-order valence-corrected chi connectivity index (χ1v) is 18.4. The van der Waals surface area contributed by atoms with Gasteiger partial charge < -0.3 is 0 Å². The van der Waals surface area contributed by atoms with Gasteiger partial charge in [-0.3, -0.25) is 0 Å². The zero-order valence-corrected chi connectivity index (χ0v) is 26.2. The van der Waals surface area contributed by atoms with Crippen LogP contribution in [0.2, 0.25) is 0 Å². The summed E-state index contributed by atoms with van der Waals surface area (Å²) >= 11 is 4.28. The van der Waals surface area contributed by atoms with Crippen molar-refractivity contribution in [1.82, 2.24) is 0 Å². The number of halogens is 3. The minimum atomic E-state index is -5.09. The third kappa shape index (κ3) is 7.49. The van der Waals surface area contributed by atoms with E-state index in [4.69, 9.17) is 8.93 Å². The Morgan fingerprint density at radius 2 is 0.765 bits per heavy atom. The topological polar surface area (TPSA) is 130 Å². The fraction of sp³-hybridized carbons (Fsp3) is 0. The average molecular weight is 778 g/mol. The second-order valence-corrected chi connectivity index (χ2v) is 18.6. The molecule has 0 unspecified atom stereocenters. The third-order valence-electron chi connectivity index (χ3n) is 3.87. The molecule has 0 aliphatic heterocycles. The van der Waals surface area contributed by atoms with Crippen LogP contribution in [-0.2, 0) is 39.3 Å². The van der Waals surface area contributed by atoms with E-state index in [1.807, 2.05) is 0 Å². The third-order valence-corrected chi connectivity index (χ3v) is 16.8. The molecule has 3 aromatic rings. The first-order valence-electron chi connectivity index (χ1n) is 8.85. The van der Waals surface area contributed by atoms with Crippen molar-refractivity contribution < 1.29 is 34.2 Å². The Bertz CT molecular complexity index is 1340. The van der Waals surface area contributed by atoms with E-state index in [1.165, 1.54) is 54.6 Å². The normalized spacial score (nSPS) is 12.4. The van der Waals surface area contributed by atoms with Gasteiger partial charge in [-0.05, 0) is 0 Å². The molecule has 0 radical (unpaired) electrons. The van der Waals surface area contributed by atoms with Crippen molar-refractivity contribution in [2.24, 2.45) is 0 Å². The van der Waals surface area contributed by atoms with Crippen molar-refractivity contribution in [3.8, 4) is 0 Å². The second kappa shape index (κ2) is 11.2. The summed E-state index contributed by atoms with van der Waals surface area (Å²) in [7, 11) is -14.0. The molecular weight excluding hydrogens is 766 g/mol. The summed E-state index contributed by atoms with van der Waals surface area (Å²) in [5.41, 5.74) is 0. The van der Waals surface area contributed by atoms with Gasteiger partial charge in [0.15, 0.2) is 0 Å². The van der Waals surface area contributed by atoms with E-state index in [1.54, 1.807) is 18.2 Å². The van der Waals surface area contributed by atoms with Crippen LogP contribution < -0.4 is 0 Å². The van der Waals surface area contributed by atoms with Crippen LogP contribution in [0.1, 0.15) is 0 Å². The van der Waals surface area contributed by atoms with Gasteiger partial charge in [0.1, 0.15) is 0 Å². The van der Waals surface area contributed by atoms with E-state index in [0.29, 0.717) is 13.4 Å². The molecule has 3 aromatic carbocycles. The van der Waals surface area contributed by atoms with Crippen LogP contribution in [0.5, 0.6) is 0 Å². The molecule has 0 aliphatic rings. The summed E-state index contributed by atoms with van der Waals surface area (Å²) in [6, 6.07) is 16.0. The SMILES string of the molecule is O=S(=O)([O][Ga]([O]S(=O)(=O)c1cccc(Br)c1)[O]S(=O)(=O)c1cccc(Br)c1)c1cccc(Br)c1. The standard InChI is InChI=1S/3C6H5BrO3S.Ga/c3*7-5-2-1-3-6(4-5)11(8,9)10;/h3*1-4H,(H,8,9,10);/q;;;+3/p-3. The van der Waals surface area contributed by atoms with Gasteiger partial charge in [0.2, 0.25) is 0 Å². The summed E-state index contributed by atoms with van der Waals surface area (Å²) in [5.74, 6) is 0. The number of benzene rings is 3. The number of hydrogen-bond donors (Lipinski definition) is 0. The number of rotatable bonds is 9. The molecule has 0 heterocycles. The Labute approximate surface area is 228 Å². The van der Waals surface area contributed by atoms with Crippen LogP contribution in [0, 0.1) is 0 Å². The van der Waals surface area contributed by atoms with E-state index in [-0.39, 0.29) is 14.7 Å². The van der Waals surface area contributed by atoms with Crippen molar-refractivity contribution in [2.75, 3.05) is 0 Å². The van der Waals surface area contributed by atoms with Crippen molar-refractivity contribution >= 4 is 95.5 Å². The molecule has 34 heavy (non-hydrogen) atoms. The first kappa shape index (κ1) is 28.0. The molecule has 0 N–H and O–H groups in total. The molecule has 0 amide bonds. The first-order chi connectivity index (χ1) is 15.8. The van der Waals surface area contributed by atoms with E-state index in [0.717, 1.165) is 0 Å². The predicted octanol–water partition coefficient (Wildman–Crippen LogP) is 4.48. The average Bonchev–Trinajstić information content (AvgIpc) is 2.73. The van der Waals surface area contributed by atoms with Crippen LogP contribution >= 0.6 is 47.8 Å². The molecule has 0 fully saturated rings. The summed E-state index contributed by atoms with van der Waals surface area (Å²) < 4.78 is 92.8. The maximum atomic E-state index is 12.8. The van der Waals surface area contributed by atoms with Gasteiger partial charge in [-0.2, -0.15) is 0 Å². The molecule has 0 saturated heterocycles. The van der Waals surface area contributed by atoms with Gasteiger partial charge in [0.25, 0.3) is 0 Å². The van der Waals surface area contributed by atoms with Gasteiger partial charge in [0, 0.05) is 0 Å². The zero-order valence-electron chi connectivity index (χ0n) is 16.5. The van der Waals surface area contributed by atoms with Crippen LogP contribution in [0.15, 0.2) is 101 Å². The van der Waals surface area contributed by atoms with E-state index >= 15 is 0 Å². The molecule has 3 rings (SSSR count). The fourth-order valence-corrected chi connectivity index (χ4v) is 14.8. The van der Waals surface area contributed by atoms with Crippen LogP contribution in [0.4, 0.5) is 0 Å². The monoisotopic (exact) mass is 774 g/mol. The Kier molecular flexibility index (Phi) is 9.28. The van der Waals surface area contributed by atoms with Crippen molar-refractivity contribution in [3.63, 3.8) is 0 Å². The quantitative estimate of drug-likeness (QED) is 0.289. The molecule has 0 aliphatic carbocycles.